The second-order valence-electron chi connectivity index (χ2n) is 4.75. The number of rotatable bonds is 4. The zero-order chi connectivity index (χ0) is 13.7. The quantitative estimate of drug-likeness (QED) is 0.834. The summed E-state index contributed by atoms with van der Waals surface area (Å²) in [5, 5.41) is 3.00. The van der Waals surface area contributed by atoms with Crippen LogP contribution in [0, 0.1) is 6.92 Å². The van der Waals surface area contributed by atoms with Gasteiger partial charge in [0.15, 0.2) is 12.4 Å². The van der Waals surface area contributed by atoms with Crippen molar-refractivity contribution in [2.24, 2.45) is 0 Å². The number of aromatic nitrogens is 1. The summed E-state index contributed by atoms with van der Waals surface area (Å²) in [6, 6.07) is 14.0. The Morgan fingerprint density at radius 3 is 2.42 bits per heavy atom. The van der Waals surface area contributed by atoms with Gasteiger partial charge < -0.3 is 5.32 Å². The van der Waals surface area contributed by atoms with Gasteiger partial charge in [0, 0.05) is 12.1 Å². The van der Waals surface area contributed by atoms with E-state index >= 15 is 0 Å². The van der Waals surface area contributed by atoms with Gasteiger partial charge in [0.1, 0.15) is 0 Å². The Kier molecular flexibility index (Phi) is 4.29. The average molecular weight is 255 g/mol. The molecule has 0 aliphatic carbocycles. The summed E-state index contributed by atoms with van der Waals surface area (Å²) in [5.74, 6) is 0.0187. The number of pyridine rings is 1. The van der Waals surface area contributed by atoms with Gasteiger partial charge in [-0.1, -0.05) is 30.3 Å². The number of benzene rings is 1. The van der Waals surface area contributed by atoms with Crippen LogP contribution in [-0.4, -0.2) is 5.91 Å². The molecule has 3 heteroatoms. The first-order valence-corrected chi connectivity index (χ1v) is 6.45. The predicted octanol–water partition coefficient (Wildman–Crippen LogP) is 2.16. The molecule has 0 aliphatic rings. The Morgan fingerprint density at radius 1 is 1.16 bits per heavy atom. The molecule has 2 rings (SSSR count). The van der Waals surface area contributed by atoms with Crippen LogP contribution in [0.15, 0.2) is 54.9 Å². The molecule has 1 aromatic carbocycles. The smallest absolute Gasteiger partial charge is 0.286 e. The molecule has 1 atom stereocenters. The van der Waals surface area contributed by atoms with Crippen LogP contribution < -0.4 is 9.88 Å². The van der Waals surface area contributed by atoms with Crippen molar-refractivity contribution in [3.63, 3.8) is 0 Å². The van der Waals surface area contributed by atoms with Crippen molar-refractivity contribution in [2.45, 2.75) is 26.4 Å². The molecule has 2 aromatic rings. The molecule has 0 spiro atoms. The number of hydrogen-bond donors (Lipinski definition) is 1. The Balaban J connectivity index is 1.93. The summed E-state index contributed by atoms with van der Waals surface area (Å²) in [6.07, 6.45) is 3.84. The van der Waals surface area contributed by atoms with Crippen LogP contribution in [0.5, 0.6) is 0 Å². The van der Waals surface area contributed by atoms with Gasteiger partial charge in [-0.2, -0.15) is 4.57 Å². The van der Waals surface area contributed by atoms with Crippen molar-refractivity contribution in [3.8, 4) is 0 Å². The second-order valence-corrected chi connectivity index (χ2v) is 4.75. The molecule has 0 aliphatic heterocycles. The largest absolute Gasteiger partial charge is 0.344 e. The molecule has 0 fully saturated rings. The van der Waals surface area contributed by atoms with Gasteiger partial charge in [0.2, 0.25) is 6.54 Å². The highest BCUT2D eigenvalue weighted by Crippen LogP contribution is 2.10. The number of amides is 1. The van der Waals surface area contributed by atoms with Crippen molar-refractivity contribution < 1.29 is 9.36 Å². The number of carbonyl (C=O) groups is 1. The molecule has 1 heterocycles. The van der Waals surface area contributed by atoms with E-state index in [1.54, 1.807) is 0 Å². The van der Waals surface area contributed by atoms with E-state index in [0.29, 0.717) is 6.54 Å². The van der Waals surface area contributed by atoms with Gasteiger partial charge in [-0.15, -0.1) is 0 Å². The van der Waals surface area contributed by atoms with E-state index in [4.69, 9.17) is 0 Å². The van der Waals surface area contributed by atoms with Crippen molar-refractivity contribution in [3.05, 3.63) is 66.0 Å². The van der Waals surface area contributed by atoms with Gasteiger partial charge in [-0.3, -0.25) is 4.79 Å². The van der Waals surface area contributed by atoms with Crippen molar-refractivity contribution in [1.29, 1.82) is 0 Å². The van der Waals surface area contributed by atoms with E-state index in [1.165, 1.54) is 5.56 Å². The predicted molar refractivity (Wildman–Crippen MR) is 74.4 cm³/mol. The van der Waals surface area contributed by atoms with Gasteiger partial charge in [0.05, 0.1) is 6.04 Å². The highest BCUT2D eigenvalue weighted by Gasteiger charge is 2.12. The molecule has 1 N–H and O–H groups in total. The molecule has 98 valence electrons. The third-order valence-corrected chi connectivity index (χ3v) is 3.06. The van der Waals surface area contributed by atoms with Crippen LogP contribution in [0.4, 0.5) is 0 Å². The van der Waals surface area contributed by atoms with Crippen LogP contribution in [0.1, 0.15) is 24.1 Å². The molecule has 0 saturated carbocycles. The molecule has 0 bridgehead atoms. The lowest BCUT2D eigenvalue weighted by Gasteiger charge is -2.12. The van der Waals surface area contributed by atoms with Gasteiger partial charge >= 0.3 is 0 Å². The van der Waals surface area contributed by atoms with E-state index in [1.807, 2.05) is 73.3 Å². The Morgan fingerprint density at radius 2 is 1.79 bits per heavy atom. The Bertz CT molecular complexity index is 534. The zero-order valence-corrected chi connectivity index (χ0v) is 11.3. The number of aryl methyl sites for hydroxylation is 1. The highest BCUT2D eigenvalue weighted by molar-refractivity contribution is 5.74. The SMILES string of the molecule is Cc1cc[n+](CC(=O)N[C@@H](C)c2ccccc2)cc1. The fourth-order valence-electron chi connectivity index (χ4n) is 1.92. The Labute approximate surface area is 113 Å². The molecule has 0 radical (unpaired) electrons. The molecular formula is C16H19N2O+. The minimum Gasteiger partial charge on any atom is -0.344 e. The third kappa shape index (κ3) is 3.91. The summed E-state index contributed by atoms with van der Waals surface area (Å²) >= 11 is 0. The van der Waals surface area contributed by atoms with Crippen LogP contribution >= 0.6 is 0 Å². The average Bonchev–Trinajstić information content (AvgIpc) is 2.42. The van der Waals surface area contributed by atoms with E-state index in [0.717, 1.165) is 5.56 Å². The van der Waals surface area contributed by atoms with Crippen LogP contribution in [0.25, 0.3) is 0 Å². The molecule has 1 amide bonds. The number of nitrogens with one attached hydrogen (secondary N) is 1. The minimum absolute atomic E-state index is 0.0187. The minimum atomic E-state index is 0.0187. The van der Waals surface area contributed by atoms with Crippen molar-refractivity contribution in [2.75, 3.05) is 0 Å². The third-order valence-electron chi connectivity index (χ3n) is 3.06. The molecular weight excluding hydrogens is 236 g/mol. The fraction of sp³-hybridized carbons (Fsp3) is 0.250. The highest BCUT2D eigenvalue weighted by atomic mass is 16.2. The summed E-state index contributed by atoms with van der Waals surface area (Å²) < 4.78 is 1.88. The standard InChI is InChI=1S/C16H18N2O/c1-13-8-10-18(11-9-13)12-16(19)17-14(2)15-6-4-3-5-7-15/h3-11,14H,12H2,1-2H3/p+1/t14-/m0/s1. The lowest BCUT2D eigenvalue weighted by atomic mass is 10.1. The van der Waals surface area contributed by atoms with Gasteiger partial charge in [-0.25, -0.2) is 0 Å². The van der Waals surface area contributed by atoms with E-state index < -0.39 is 0 Å². The molecule has 3 nitrogen and oxygen atoms in total. The summed E-state index contributed by atoms with van der Waals surface area (Å²) in [5.41, 5.74) is 2.30. The summed E-state index contributed by atoms with van der Waals surface area (Å²) in [7, 11) is 0. The summed E-state index contributed by atoms with van der Waals surface area (Å²) in [6.45, 7) is 4.37. The maximum Gasteiger partial charge on any atom is 0.286 e. The first kappa shape index (κ1) is 13.3. The lowest BCUT2D eigenvalue weighted by molar-refractivity contribution is -0.684. The van der Waals surface area contributed by atoms with Crippen LogP contribution in [0.2, 0.25) is 0 Å². The maximum absolute atomic E-state index is 11.9. The molecule has 0 saturated heterocycles. The number of carbonyl (C=O) groups excluding carboxylic acids is 1. The first-order chi connectivity index (χ1) is 9.15. The van der Waals surface area contributed by atoms with E-state index in [-0.39, 0.29) is 11.9 Å². The maximum atomic E-state index is 11.9. The second kappa shape index (κ2) is 6.14. The van der Waals surface area contributed by atoms with Gasteiger partial charge in [0.25, 0.3) is 5.91 Å². The van der Waals surface area contributed by atoms with E-state index in [9.17, 15) is 4.79 Å². The Hall–Kier alpha value is -2.16. The van der Waals surface area contributed by atoms with Crippen molar-refractivity contribution in [1.82, 2.24) is 5.32 Å². The molecule has 1 aromatic heterocycles. The normalized spacial score (nSPS) is 11.9. The van der Waals surface area contributed by atoms with Crippen LogP contribution in [-0.2, 0) is 11.3 Å². The fourth-order valence-corrected chi connectivity index (χ4v) is 1.92. The zero-order valence-electron chi connectivity index (χ0n) is 11.3. The number of hydrogen-bond acceptors (Lipinski definition) is 1. The molecule has 0 unspecified atom stereocenters. The summed E-state index contributed by atoms with van der Waals surface area (Å²) in [4.78, 5) is 11.9. The monoisotopic (exact) mass is 255 g/mol. The van der Waals surface area contributed by atoms with Crippen LogP contribution in [0.3, 0.4) is 0 Å². The van der Waals surface area contributed by atoms with Crippen molar-refractivity contribution >= 4 is 5.91 Å². The topological polar surface area (TPSA) is 33.0 Å². The first-order valence-electron chi connectivity index (χ1n) is 6.45. The lowest BCUT2D eigenvalue weighted by Crippen LogP contribution is -2.43. The van der Waals surface area contributed by atoms with E-state index in [2.05, 4.69) is 5.32 Å². The molecule has 19 heavy (non-hydrogen) atoms. The number of nitrogens with zero attached hydrogens (tertiary/aromatic N) is 1. The van der Waals surface area contributed by atoms with Gasteiger partial charge in [-0.05, 0) is 25.0 Å².